The van der Waals surface area contributed by atoms with E-state index in [0.29, 0.717) is 5.56 Å². The molecule has 3 nitrogen and oxygen atoms in total. The average molecular weight is 327 g/mol. The molecule has 2 aromatic carbocycles. The van der Waals surface area contributed by atoms with Gasteiger partial charge in [0, 0.05) is 10.5 Å². The van der Waals surface area contributed by atoms with Gasteiger partial charge < -0.3 is 11.1 Å². The second-order valence-electron chi connectivity index (χ2n) is 4.02. The fourth-order valence-corrected chi connectivity index (χ4v) is 2.57. The Labute approximate surface area is 131 Å². The highest BCUT2D eigenvalue weighted by Gasteiger charge is 2.12. The first-order valence-corrected chi connectivity index (χ1v) is 7.70. The summed E-state index contributed by atoms with van der Waals surface area (Å²) in [7, 11) is 0. The summed E-state index contributed by atoms with van der Waals surface area (Å²) >= 11 is 13.4. The molecule has 0 spiro atoms. The predicted molar refractivity (Wildman–Crippen MR) is 87.1 cm³/mol. The summed E-state index contributed by atoms with van der Waals surface area (Å²) in [6.45, 7) is 0. The number of hydrogen-bond donors (Lipinski definition) is 2. The molecule has 0 aliphatic rings. The van der Waals surface area contributed by atoms with Crippen molar-refractivity contribution < 1.29 is 4.79 Å². The maximum absolute atomic E-state index is 12.2. The molecule has 6 heteroatoms. The maximum atomic E-state index is 12.2. The van der Waals surface area contributed by atoms with Crippen LogP contribution in [0.1, 0.15) is 10.4 Å². The van der Waals surface area contributed by atoms with Crippen molar-refractivity contribution in [3.63, 3.8) is 0 Å². The molecule has 2 rings (SSSR count). The van der Waals surface area contributed by atoms with Gasteiger partial charge >= 0.3 is 0 Å². The second-order valence-corrected chi connectivity index (χ2v) is 5.65. The highest BCUT2D eigenvalue weighted by Crippen LogP contribution is 2.30. The van der Waals surface area contributed by atoms with Crippen LogP contribution in [0.15, 0.2) is 41.3 Å². The number of hydrogen-bond acceptors (Lipinski definition) is 3. The topological polar surface area (TPSA) is 55.1 Å². The number of nitrogens with one attached hydrogen (secondary N) is 1. The first-order chi connectivity index (χ1) is 9.52. The van der Waals surface area contributed by atoms with Crippen LogP contribution in [0.2, 0.25) is 10.0 Å². The number of nitrogen functional groups attached to an aromatic ring is 1. The molecule has 0 fully saturated rings. The van der Waals surface area contributed by atoms with E-state index in [1.807, 2.05) is 30.5 Å². The predicted octanol–water partition coefficient (Wildman–Crippen LogP) is 4.55. The van der Waals surface area contributed by atoms with Crippen LogP contribution in [0.4, 0.5) is 11.4 Å². The number of rotatable bonds is 3. The van der Waals surface area contributed by atoms with E-state index in [9.17, 15) is 4.79 Å². The fourth-order valence-electron chi connectivity index (χ4n) is 1.68. The van der Waals surface area contributed by atoms with Crippen molar-refractivity contribution in [2.24, 2.45) is 0 Å². The Morgan fingerprint density at radius 2 is 1.95 bits per heavy atom. The molecular weight excluding hydrogens is 315 g/mol. The smallest absolute Gasteiger partial charge is 0.255 e. The fraction of sp³-hybridized carbons (Fsp3) is 0.0714. The molecule has 0 aromatic heterocycles. The number of nitrogens with two attached hydrogens (primary N) is 1. The first kappa shape index (κ1) is 15.0. The van der Waals surface area contributed by atoms with E-state index in [1.165, 1.54) is 12.1 Å². The molecule has 0 saturated carbocycles. The standard InChI is InChI=1S/C14H12Cl2N2OS/c1-20-12-5-3-2-4-11(12)18-14(19)8-6-9(15)13(16)10(17)7-8/h2-7H,17H2,1H3,(H,18,19). The van der Waals surface area contributed by atoms with Crippen LogP contribution in [0, 0.1) is 0 Å². The molecule has 1 amide bonds. The summed E-state index contributed by atoms with van der Waals surface area (Å²) in [6.07, 6.45) is 1.95. The lowest BCUT2D eigenvalue weighted by molar-refractivity contribution is 0.102. The minimum atomic E-state index is -0.281. The minimum absolute atomic E-state index is 0.257. The summed E-state index contributed by atoms with van der Waals surface area (Å²) in [5.41, 5.74) is 7.10. The van der Waals surface area contributed by atoms with Crippen LogP contribution in [-0.2, 0) is 0 Å². The van der Waals surface area contributed by atoms with Gasteiger partial charge in [0.1, 0.15) is 0 Å². The van der Waals surface area contributed by atoms with Crippen LogP contribution < -0.4 is 11.1 Å². The molecule has 0 radical (unpaired) electrons. The molecular formula is C14H12Cl2N2OS. The molecule has 2 aromatic rings. The third kappa shape index (κ3) is 3.20. The van der Waals surface area contributed by atoms with Gasteiger partial charge in [0.2, 0.25) is 0 Å². The molecule has 0 heterocycles. The average Bonchev–Trinajstić information content (AvgIpc) is 2.44. The quantitative estimate of drug-likeness (QED) is 0.642. The number of para-hydroxylation sites is 1. The summed E-state index contributed by atoms with van der Waals surface area (Å²) in [5.74, 6) is -0.281. The summed E-state index contributed by atoms with van der Waals surface area (Å²) < 4.78 is 0. The SMILES string of the molecule is CSc1ccccc1NC(=O)c1cc(N)c(Cl)c(Cl)c1. The van der Waals surface area contributed by atoms with Crippen molar-refractivity contribution in [3.8, 4) is 0 Å². The van der Waals surface area contributed by atoms with Crippen molar-refractivity contribution in [2.75, 3.05) is 17.3 Å². The van der Waals surface area contributed by atoms with E-state index in [4.69, 9.17) is 28.9 Å². The number of benzene rings is 2. The van der Waals surface area contributed by atoms with Crippen LogP contribution in [0.25, 0.3) is 0 Å². The summed E-state index contributed by atoms with van der Waals surface area (Å²) in [5, 5.41) is 3.35. The zero-order valence-electron chi connectivity index (χ0n) is 10.6. The lowest BCUT2D eigenvalue weighted by Crippen LogP contribution is -2.13. The highest BCUT2D eigenvalue weighted by molar-refractivity contribution is 7.98. The van der Waals surface area contributed by atoms with Crippen LogP contribution >= 0.6 is 35.0 Å². The van der Waals surface area contributed by atoms with Crippen LogP contribution in [-0.4, -0.2) is 12.2 Å². The Morgan fingerprint density at radius 3 is 2.60 bits per heavy atom. The molecule has 20 heavy (non-hydrogen) atoms. The zero-order valence-corrected chi connectivity index (χ0v) is 12.9. The Kier molecular flexibility index (Phi) is 4.81. The normalized spacial score (nSPS) is 10.3. The van der Waals surface area contributed by atoms with Crippen molar-refractivity contribution in [1.82, 2.24) is 0 Å². The maximum Gasteiger partial charge on any atom is 0.255 e. The van der Waals surface area contributed by atoms with Gasteiger partial charge in [0.05, 0.1) is 21.4 Å². The molecule has 0 aliphatic heterocycles. The van der Waals surface area contributed by atoms with E-state index in [-0.39, 0.29) is 21.6 Å². The molecule has 0 aliphatic carbocycles. The van der Waals surface area contributed by atoms with Gasteiger partial charge in [-0.3, -0.25) is 4.79 Å². The number of amides is 1. The number of halogens is 2. The van der Waals surface area contributed by atoms with Gasteiger partial charge in [0.25, 0.3) is 5.91 Å². The van der Waals surface area contributed by atoms with E-state index in [2.05, 4.69) is 5.32 Å². The van der Waals surface area contributed by atoms with Gasteiger partial charge in [-0.05, 0) is 30.5 Å². The van der Waals surface area contributed by atoms with E-state index < -0.39 is 0 Å². The molecule has 104 valence electrons. The second kappa shape index (κ2) is 6.39. The molecule has 0 saturated heterocycles. The molecule has 0 atom stereocenters. The third-order valence-electron chi connectivity index (χ3n) is 2.67. The van der Waals surface area contributed by atoms with Gasteiger partial charge in [-0.25, -0.2) is 0 Å². The molecule has 0 bridgehead atoms. The Balaban J connectivity index is 2.29. The zero-order chi connectivity index (χ0) is 14.7. The van der Waals surface area contributed by atoms with Gasteiger partial charge in [-0.1, -0.05) is 35.3 Å². The number of thioether (sulfide) groups is 1. The van der Waals surface area contributed by atoms with Crippen LogP contribution in [0.3, 0.4) is 0 Å². The highest BCUT2D eigenvalue weighted by atomic mass is 35.5. The number of carbonyl (C=O) groups is 1. The van der Waals surface area contributed by atoms with Gasteiger partial charge in [0.15, 0.2) is 0 Å². The van der Waals surface area contributed by atoms with Crippen molar-refractivity contribution >= 4 is 52.2 Å². The lowest BCUT2D eigenvalue weighted by atomic mass is 10.2. The van der Waals surface area contributed by atoms with Crippen molar-refractivity contribution in [3.05, 3.63) is 52.0 Å². The third-order valence-corrected chi connectivity index (χ3v) is 4.29. The van der Waals surface area contributed by atoms with Crippen molar-refractivity contribution in [1.29, 1.82) is 0 Å². The first-order valence-electron chi connectivity index (χ1n) is 5.72. The Hall–Kier alpha value is -1.36. The van der Waals surface area contributed by atoms with E-state index >= 15 is 0 Å². The Morgan fingerprint density at radius 1 is 1.25 bits per heavy atom. The molecule has 3 N–H and O–H groups in total. The Bertz CT molecular complexity index is 638. The summed E-state index contributed by atoms with van der Waals surface area (Å²) in [4.78, 5) is 13.2. The largest absolute Gasteiger partial charge is 0.397 e. The monoisotopic (exact) mass is 326 g/mol. The van der Waals surface area contributed by atoms with Crippen LogP contribution in [0.5, 0.6) is 0 Å². The number of carbonyl (C=O) groups excluding carboxylic acids is 1. The number of anilines is 2. The lowest BCUT2D eigenvalue weighted by Gasteiger charge is -2.10. The van der Waals surface area contributed by atoms with E-state index in [1.54, 1.807) is 11.8 Å². The van der Waals surface area contributed by atoms with Crippen molar-refractivity contribution in [2.45, 2.75) is 4.90 Å². The summed E-state index contributed by atoms with van der Waals surface area (Å²) in [6, 6.07) is 10.5. The van der Waals surface area contributed by atoms with Gasteiger partial charge in [-0.15, -0.1) is 11.8 Å². The minimum Gasteiger partial charge on any atom is -0.397 e. The van der Waals surface area contributed by atoms with E-state index in [0.717, 1.165) is 10.6 Å². The van der Waals surface area contributed by atoms with Gasteiger partial charge in [-0.2, -0.15) is 0 Å². The molecule has 0 unspecified atom stereocenters.